The van der Waals surface area contributed by atoms with Gasteiger partial charge < -0.3 is 10.2 Å². The van der Waals surface area contributed by atoms with Crippen LogP contribution >= 0.6 is 0 Å². The zero-order chi connectivity index (χ0) is 19.1. The Labute approximate surface area is 153 Å². The molecule has 0 fully saturated rings. The summed E-state index contributed by atoms with van der Waals surface area (Å²) < 4.78 is 0. The Hall–Kier alpha value is -2.88. The standard InChI is InChI=1S/C22H24O4/c1-15(13-17-9-5-3-6-10-17)19(21(23)24)20(22(25)26)16(2)14-18-11-7-4-8-12-18/h3-12,15-16H,13-14H2,1-2H3,(H,23,24)(H,25,26)/b20-19+. The summed E-state index contributed by atoms with van der Waals surface area (Å²) in [5.74, 6) is -3.13. The van der Waals surface area contributed by atoms with Crippen molar-refractivity contribution in [1.29, 1.82) is 0 Å². The van der Waals surface area contributed by atoms with E-state index >= 15 is 0 Å². The Morgan fingerprint density at radius 3 is 1.27 bits per heavy atom. The smallest absolute Gasteiger partial charge is 0.332 e. The molecular formula is C22H24O4. The first-order valence-corrected chi connectivity index (χ1v) is 8.68. The number of carbonyl (C=O) groups is 2. The highest BCUT2D eigenvalue weighted by Gasteiger charge is 2.29. The van der Waals surface area contributed by atoms with Gasteiger partial charge in [0.1, 0.15) is 0 Å². The van der Waals surface area contributed by atoms with Crippen LogP contribution in [0, 0.1) is 11.8 Å². The van der Waals surface area contributed by atoms with Gasteiger partial charge in [0.2, 0.25) is 0 Å². The van der Waals surface area contributed by atoms with Gasteiger partial charge in [0, 0.05) is 0 Å². The summed E-state index contributed by atoms with van der Waals surface area (Å²) in [6.45, 7) is 3.54. The first-order chi connectivity index (χ1) is 12.4. The molecule has 2 rings (SSSR count). The van der Waals surface area contributed by atoms with Crippen molar-refractivity contribution in [1.82, 2.24) is 0 Å². The first kappa shape index (κ1) is 19.4. The third-order valence-corrected chi connectivity index (χ3v) is 4.51. The molecule has 0 heterocycles. The van der Waals surface area contributed by atoms with Crippen molar-refractivity contribution in [2.45, 2.75) is 26.7 Å². The minimum absolute atomic E-state index is 0.00946. The molecule has 0 saturated carbocycles. The molecule has 0 saturated heterocycles. The molecule has 2 unspecified atom stereocenters. The largest absolute Gasteiger partial charge is 0.478 e. The zero-order valence-electron chi connectivity index (χ0n) is 15.1. The van der Waals surface area contributed by atoms with E-state index < -0.39 is 23.8 Å². The summed E-state index contributed by atoms with van der Waals surface area (Å²) in [5.41, 5.74) is 1.95. The molecule has 0 aromatic heterocycles. The van der Waals surface area contributed by atoms with E-state index in [0.717, 1.165) is 11.1 Å². The van der Waals surface area contributed by atoms with E-state index in [1.165, 1.54) is 0 Å². The maximum atomic E-state index is 11.9. The first-order valence-electron chi connectivity index (χ1n) is 8.68. The normalized spacial score (nSPS) is 14.2. The Balaban J connectivity index is 2.36. The van der Waals surface area contributed by atoms with Gasteiger partial charge in [0.25, 0.3) is 0 Å². The van der Waals surface area contributed by atoms with Crippen LogP contribution in [0.1, 0.15) is 25.0 Å². The van der Waals surface area contributed by atoms with Gasteiger partial charge in [-0.15, -0.1) is 0 Å². The Morgan fingerprint density at radius 2 is 1.00 bits per heavy atom. The van der Waals surface area contributed by atoms with Crippen LogP contribution in [0.3, 0.4) is 0 Å². The van der Waals surface area contributed by atoms with Crippen LogP contribution in [-0.4, -0.2) is 22.2 Å². The summed E-state index contributed by atoms with van der Waals surface area (Å²) in [7, 11) is 0. The number of rotatable bonds is 8. The summed E-state index contributed by atoms with van der Waals surface area (Å²) >= 11 is 0. The van der Waals surface area contributed by atoms with Crippen molar-refractivity contribution < 1.29 is 19.8 Å². The van der Waals surface area contributed by atoms with E-state index in [2.05, 4.69) is 0 Å². The molecule has 0 amide bonds. The van der Waals surface area contributed by atoms with Crippen molar-refractivity contribution in [2.75, 3.05) is 0 Å². The molecule has 0 aliphatic carbocycles. The summed E-state index contributed by atoms with van der Waals surface area (Å²) in [5, 5.41) is 19.5. The molecule has 2 atom stereocenters. The molecule has 26 heavy (non-hydrogen) atoms. The molecule has 0 radical (unpaired) electrons. The van der Waals surface area contributed by atoms with Crippen molar-refractivity contribution in [2.24, 2.45) is 11.8 Å². The maximum Gasteiger partial charge on any atom is 0.332 e. The molecule has 136 valence electrons. The number of hydrogen-bond donors (Lipinski definition) is 2. The molecule has 4 nitrogen and oxygen atoms in total. The van der Waals surface area contributed by atoms with Crippen LogP contribution in [0.15, 0.2) is 71.8 Å². The predicted octanol–water partition coefficient (Wildman–Crippen LogP) is 4.21. The van der Waals surface area contributed by atoms with Gasteiger partial charge in [-0.05, 0) is 35.8 Å². The lowest BCUT2D eigenvalue weighted by Crippen LogP contribution is -2.23. The van der Waals surface area contributed by atoms with Crippen LogP contribution in [0.5, 0.6) is 0 Å². The Bertz CT molecular complexity index is 711. The molecule has 0 bridgehead atoms. The highest BCUT2D eigenvalue weighted by Crippen LogP contribution is 2.27. The van der Waals surface area contributed by atoms with Crippen LogP contribution in [0.4, 0.5) is 0 Å². The average molecular weight is 352 g/mol. The Morgan fingerprint density at radius 1 is 0.692 bits per heavy atom. The lowest BCUT2D eigenvalue weighted by molar-refractivity contribution is -0.136. The SMILES string of the molecule is CC(Cc1ccccc1)/C(C(=O)O)=C(\C(=O)O)C(C)Cc1ccccc1. The fourth-order valence-corrected chi connectivity index (χ4v) is 3.32. The average Bonchev–Trinajstić information content (AvgIpc) is 2.60. The summed E-state index contributed by atoms with van der Waals surface area (Å²) in [6, 6.07) is 19.0. The number of benzene rings is 2. The fraction of sp³-hybridized carbons (Fsp3) is 0.273. The molecular weight excluding hydrogens is 328 g/mol. The van der Waals surface area contributed by atoms with Crippen LogP contribution in [0.2, 0.25) is 0 Å². The number of carboxylic acids is 2. The predicted molar refractivity (Wildman–Crippen MR) is 101 cm³/mol. The van der Waals surface area contributed by atoms with Gasteiger partial charge >= 0.3 is 11.9 Å². The van der Waals surface area contributed by atoms with E-state index in [1.54, 1.807) is 13.8 Å². The fourth-order valence-electron chi connectivity index (χ4n) is 3.32. The maximum absolute atomic E-state index is 11.9. The van der Waals surface area contributed by atoms with Crippen molar-refractivity contribution in [3.8, 4) is 0 Å². The second kappa shape index (κ2) is 8.99. The lowest BCUT2D eigenvalue weighted by atomic mass is 9.83. The minimum Gasteiger partial charge on any atom is -0.478 e. The van der Waals surface area contributed by atoms with Crippen LogP contribution in [-0.2, 0) is 22.4 Å². The van der Waals surface area contributed by atoms with Crippen molar-refractivity contribution >= 4 is 11.9 Å². The number of aliphatic carboxylic acids is 2. The highest BCUT2D eigenvalue weighted by molar-refractivity contribution is 5.99. The number of hydrogen-bond acceptors (Lipinski definition) is 2. The van der Waals surface area contributed by atoms with E-state index in [0.29, 0.717) is 12.8 Å². The Kier molecular flexibility index (Phi) is 6.73. The van der Waals surface area contributed by atoms with Gasteiger partial charge in [-0.25, -0.2) is 9.59 Å². The second-order valence-corrected chi connectivity index (χ2v) is 6.62. The van der Waals surface area contributed by atoms with E-state index in [-0.39, 0.29) is 11.1 Å². The van der Waals surface area contributed by atoms with Crippen molar-refractivity contribution in [3.05, 3.63) is 82.9 Å². The van der Waals surface area contributed by atoms with Crippen LogP contribution < -0.4 is 0 Å². The van der Waals surface area contributed by atoms with Gasteiger partial charge in [-0.3, -0.25) is 0 Å². The lowest BCUT2D eigenvalue weighted by Gasteiger charge is -2.20. The minimum atomic E-state index is -1.16. The quantitative estimate of drug-likeness (QED) is 0.698. The molecule has 2 aromatic carbocycles. The molecule has 0 spiro atoms. The summed E-state index contributed by atoms with van der Waals surface area (Å²) in [4.78, 5) is 23.8. The summed E-state index contributed by atoms with van der Waals surface area (Å²) in [6.07, 6.45) is 0.967. The van der Waals surface area contributed by atoms with E-state index in [4.69, 9.17) is 0 Å². The topological polar surface area (TPSA) is 74.6 Å². The molecule has 4 heteroatoms. The van der Waals surface area contributed by atoms with E-state index in [1.807, 2.05) is 60.7 Å². The number of carboxylic acid groups (broad SMARTS) is 2. The third-order valence-electron chi connectivity index (χ3n) is 4.51. The second-order valence-electron chi connectivity index (χ2n) is 6.62. The highest BCUT2D eigenvalue weighted by atomic mass is 16.4. The molecule has 0 aliphatic heterocycles. The molecule has 0 aliphatic rings. The van der Waals surface area contributed by atoms with Gasteiger partial charge in [-0.2, -0.15) is 0 Å². The van der Waals surface area contributed by atoms with Gasteiger partial charge in [0.15, 0.2) is 0 Å². The molecule has 2 N–H and O–H groups in total. The van der Waals surface area contributed by atoms with Crippen LogP contribution in [0.25, 0.3) is 0 Å². The zero-order valence-corrected chi connectivity index (χ0v) is 15.1. The third kappa shape index (κ3) is 5.06. The van der Waals surface area contributed by atoms with Gasteiger partial charge in [-0.1, -0.05) is 74.5 Å². The molecule has 2 aromatic rings. The monoisotopic (exact) mass is 352 g/mol. The van der Waals surface area contributed by atoms with Gasteiger partial charge in [0.05, 0.1) is 11.1 Å². The van der Waals surface area contributed by atoms with E-state index in [9.17, 15) is 19.8 Å². The van der Waals surface area contributed by atoms with Crippen molar-refractivity contribution in [3.63, 3.8) is 0 Å².